The van der Waals surface area contributed by atoms with Crippen LogP contribution in [0, 0.1) is 13.8 Å². The zero-order valence-corrected chi connectivity index (χ0v) is 16.6. The topological polar surface area (TPSA) is 67.8 Å². The number of hydrogen-bond acceptors (Lipinski definition) is 4. The van der Waals surface area contributed by atoms with E-state index in [0.29, 0.717) is 6.61 Å². The monoisotopic (exact) mass is 394 g/mol. The van der Waals surface area contributed by atoms with Gasteiger partial charge >= 0.3 is 0 Å². The molecule has 0 amide bonds. The summed E-state index contributed by atoms with van der Waals surface area (Å²) in [7, 11) is -3.69. The van der Waals surface area contributed by atoms with Gasteiger partial charge < -0.3 is 4.74 Å². The van der Waals surface area contributed by atoms with Gasteiger partial charge in [0.25, 0.3) is 10.0 Å². The fourth-order valence-electron chi connectivity index (χ4n) is 2.50. The summed E-state index contributed by atoms with van der Waals surface area (Å²) < 4.78 is 30.4. The predicted octanol–water partition coefficient (Wildman–Crippen LogP) is 4.19. The molecule has 0 heterocycles. The van der Waals surface area contributed by atoms with Gasteiger partial charge in [0.15, 0.2) is 0 Å². The second-order valence-corrected chi connectivity index (χ2v) is 8.10. The summed E-state index contributed by atoms with van der Waals surface area (Å²) in [6.07, 6.45) is 1.46. The van der Waals surface area contributed by atoms with Crippen LogP contribution in [0.25, 0.3) is 0 Å². The van der Waals surface area contributed by atoms with Gasteiger partial charge in [-0.05, 0) is 72.5 Å². The van der Waals surface area contributed by atoms with E-state index in [2.05, 4.69) is 9.93 Å². The van der Waals surface area contributed by atoms with E-state index in [4.69, 9.17) is 4.74 Å². The molecule has 6 heteroatoms. The molecule has 0 saturated carbocycles. The second-order valence-electron chi connectivity index (χ2n) is 6.44. The maximum atomic E-state index is 12.3. The zero-order valence-electron chi connectivity index (χ0n) is 15.8. The van der Waals surface area contributed by atoms with Crippen LogP contribution in [0.15, 0.2) is 82.8 Å². The van der Waals surface area contributed by atoms with Gasteiger partial charge in [-0.1, -0.05) is 36.4 Å². The van der Waals surface area contributed by atoms with Crippen molar-refractivity contribution in [3.05, 3.63) is 95.1 Å². The molecule has 0 fully saturated rings. The summed E-state index contributed by atoms with van der Waals surface area (Å²) in [4.78, 5) is 2.43. The highest BCUT2D eigenvalue weighted by molar-refractivity contribution is 7.89. The Labute approximate surface area is 165 Å². The van der Waals surface area contributed by atoms with Crippen molar-refractivity contribution < 1.29 is 13.2 Å². The van der Waals surface area contributed by atoms with Crippen LogP contribution in [0.1, 0.15) is 22.3 Å². The van der Waals surface area contributed by atoms with Crippen molar-refractivity contribution in [2.45, 2.75) is 25.3 Å². The summed E-state index contributed by atoms with van der Waals surface area (Å²) >= 11 is 0. The maximum absolute atomic E-state index is 12.3. The summed E-state index contributed by atoms with van der Waals surface area (Å²) in [5, 5.41) is 3.86. The van der Waals surface area contributed by atoms with Crippen LogP contribution in [0.4, 0.5) is 0 Å². The summed E-state index contributed by atoms with van der Waals surface area (Å²) in [5.41, 5.74) is 3.80. The lowest BCUT2D eigenvalue weighted by Crippen LogP contribution is -2.18. The normalized spacial score (nSPS) is 11.5. The lowest BCUT2D eigenvalue weighted by molar-refractivity contribution is 0.306. The van der Waals surface area contributed by atoms with E-state index in [1.807, 2.05) is 68.4 Å². The Hall–Kier alpha value is -3.12. The first-order valence-corrected chi connectivity index (χ1v) is 10.3. The molecule has 28 heavy (non-hydrogen) atoms. The van der Waals surface area contributed by atoms with Gasteiger partial charge in [0.1, 0.15) is 12.4 Å². The van der Waals surface area contributed by atoms with Crippen LogP contribution in [0.3, 0.4) is 0 Å². The molecule has 0 saturated heterocycles. The molecule has 0 aromatic heterocycles. The maximum Gasteiger partial charge on any atom is 0.276 e. The number of sulfonamides is 1. The zero-order chi connectivity index (χ0) is 20.0. The van der Waals surface area contributed by atoms with Crippen molar-refractivity contribution in [2.75, 3.05) is 0 Å². The number of benzene rings is 3. The third-order valence-electron chi connectivity index (χ3n) is 4.30. The molecule has 0 aliphatic carbocycles. The third-order valence-corrected chi connectivity index (χ3v) is 5.52. The number of nitrogens with zero attached hydrogens (tertiary/aromatic N) is 1. The van der Waals surface area contributed by atoms with Gasteiger partial charge in [0.2, 0.25) is 0 Å². The van der Waals surface area contributed by atoms with Crippen molar-refractivity contribution in [3.8, 4) is 5.75 Å². The lowest BCUT2D eigenvalue weighted by Gasteiger charge is -2.07. The highest BCUT2D eigenvalue weighted by Crippen LogP contribution is 2.15. The van der Waals surface area contributed by atoms with E-state index in [-0.39, 0.29) is 4.90 Å². The summed E-state index contributed by atoms with van der Waals surface area (Å²) in [5.74, 6) is 0.733. The molecule has 0 unspecified atom stereocenters. The van der Waals surface area contributed by atoms with E-state index >= 15 is 0 Å². The van der Waals surface area contributed by atoms with Gasteiger partial charge in [0, 0.05) is 0 Å². The van der Waals surface area contributed by atoms with Gasteiger partial charge in [-0.25, -0.2) is 4.83 Å². The van der Waals surface area contributed by atoms with Gasteiger partial charge in [-0.15, -0.1) is 0 Å². The van der Waals surface area contributed by atoms with Crippen LogP contribution in [0.5, 0.6) is 5.75 Å². The highest BCUT2D eigenvalue weighted by atomic mass is 32.2. The van der Waals surface area contributed by atoms with Crippen molar-refractivity contribution in [1.82, 2.24) is 4.83 Å². The van der Waals surface area contributed by atoms with E-state index < -0.39 is 10.0 Å². The van der Waals surface area contributed by atoms with Crippen molar-refractivity contribution in [2.24, 2.45) is 5.10 Å². The minimum Gasteiger partial charge on any atom is -0.489 e. The van der Waals surface area contributed by atoms with E-state index in [9.17, 15) is 8.42 Å². The molecular formula is C22H22N2O3S. The van der Waals surface area contributed by atoms with E-state index in [1.54, 1.807) is 18.2 Å². The first-order chi connectivity index (χ1) is 13.4. The van der Waals surface area contributed by atoms with Gasteiger partial charge in [0.05, 0.1) is 11.1 Å². The fraction of sp³-hybridized carbons (Fsp3) is 0.136. The van der Waals surface area contributed by atoms with Crippen molar-refractivity contribution in [3.63, 3.8) is 0 Å². The number of hydrogen-bond donors (Lipinski definition) is 1. The molecule has 0 atom stereocenters. The molecular weight excluding hydrogens is 372 g/mol. The first kappa shape index (κ1) is 19.6. The molecule has 1 N–H and O–H groups in total. The molecule has 0 bridgehead atoms. The van der Waals surface area contributed by atoms with Crippen LogP contribution in [-0.2, 0) is 16.6 Å². The largest absolute Gasteiger partial charge is 0.489 e. The highest BCUT2D eigenvalue weighted by Gasteiger charge is 2.13. The van der Waals surface area contributed by atoms with Gasteiger partial charge in [-0.3, -0.25) is 0 Å². The van der Waals surface area contributed by atoms with E-state index in [1.165, 1.54) is 6.21 Å². The molecule has 144 valence electrons. The van der Waals surface area contributed by atoms with Crippen LogP contribution in [0.2, 0.25) is 0 Å². The Morgan fingerprint density at radius 3 is 2.32 bits per heavy atom. The minimum absolute atomic E-state index is 0.192. The lowest BCUT2D eigenvalue weighted by atomic mass is 10.1. The Morgan fingerprint density at radius 2 is 1.64 bits per heavy atom. The van der Waals surface area contributed by atoms with Crippen molar-refractivity contribution in [1.29, 1.82) is 0 Å². The predicted molar refractivity (Wildman–Crippen MR) is 111 cm³/mol. The average Bonchev–Trinajstić information content (AvgIpc) is 2.70. The molecule has 0 aliphatic rings. The standard InChI is InChI=1S/C22H22N2O3S/c1-17-8-13-22(14-18(17)2)28(25,26)24-23-15-19-9-11-21(12-10-19)27-16-20-6-4-3-5-7-20/h3-15,24H,16H2,1-2H3/b23-15+. The number of hydrazone groups is 1. The fourth-order valence-corrected chi connectivity index (χ4v) is 3.37. The Morgan fingerprint density at radius 1 is 0.929 bits per heavy atom. The number of aryl methyl sites for hydroxylation is 2. The Balaban J connectivity index is 1.58. The summed E-state index contributed by atoms with van der Waals surface area (Å²) in [6, 6.07) is 22.2. The van der Waals surface area contributed by atoms with Crippen LogP contribution >= 0.6 is 0 Å². The van der Waals surface area contributed by atoms with Crippen LogP contribution in [-0.4, -0.2) is 14.6 Å². The average molecular weight is 394 g/mol. The summed E-state index contributed by atoms with van der Waals surface area (Å²) in [6.45, 7) is 4.30. The molecule has 0 spiro atoms. The minimum atomic E-state index is -3.69. The first-order valence-electron chi connectivity index (χ1n) is 8.83. The quantitative estimate of drug-likeness (QED) is 0.482. The van der Waals surface area contributed by atoms with Gasteiger partial charge in [-0.2, -0.15) is 13.5 Å². The Kier molecular flexibility index (Phi) is 6.11. The molecule has 0 radical (unpaired) electrons. The molecule has 5 nitrogen and oxygen atoms in total. The molecule has 3 aromatic rings. The third kappa shape index (κ3) is 5.20. The molecule has 3 rings (SSSR count). The molecule has 0 aliphatic heterocycles. The number of nitrogens with one attached hydrogen (secondary N) is 1. The number of ether oxygens (including phenoxy) is 1. The smallest absolute Gasteiger partial charge is 0.276 e. The number of rotatable bonds is 7. The Bertz CT molecular complexity index is 1060. The molecule has 3 aromatic carbocycles. The second kappa shape index (κ2) is 8.71. The van der Waals surface area contributed by atoms with Crippen LogP contribution < -0.4 is 9.57 Å². The van der Waals surface area contributed by atoms with E-state index in [0.717, 1.165) is 28.0 Å². The SMILES string of the molecule is Cc1ccc(S(=O)(=O)N/N=C/c2ccc(OCc3ccccc3)cc2)cc1C. The van der Waals surface area contributed by atoms with Crippen molar-refractivity contribution >= 4 is 16.2 Å².